The van der Waals surface area contributed by atoms with E-state index in [4.69, 9.17) is 5.11 Å². The number of aliphatic hydroxyl groups is 1. The molecule has 2 N–H and O–H groups in total. The van der Waals surface area contributed by atoms with Gasteiger partial charge >= 0.3 is 0 Å². The van der Waals surface area contributed by atoms with Crippen LogP contribution in [-0.2, 0) is 10.0 Å². The van der Waals surface area contributed by atoms with E-state index in [0.29, 0.717) is 12.1 Å². The van der Waals surface area contributed by atoms with E-state index in [1.54, 1.807) is 0 Å². The fourth-order valence-corrected chi connectivity index (χ4v) is 2.73. The molecule has 0 aliphatic heterocycles. The predicted octanol–water partition coefficient (Wildman–Crippen LogP) is 1.64. The second-order valence-corrected chi connectivity index (χ2v) is 5.95. The molecular formula is C14H18FNO3S. The van der Waals surface area contributed by atoms with Gasteiger partial charge in [-0.2, -0.15) is 0 Å². The molecule has 4 nitrogen and oxygen atoms in total. The number of halogens is 1. The molecular weight excluding hydrogens is 281 g/mol. The highest BCUT2D eigenvalue weighted by atomic mass is 32.2. The second kappa shape index (κ2) is 8.00. The van der Waals surface area contributed by atoms with Crippen molar-refractivity contribution in [2.75, 3.05) is 13.2 Å². The zero-order valence-corrected chi connectivity index (χ0v) is 12.1. The first-order valence-electron chi connectivity index (χ1n) is 6.40. The fourth-order valence-electron chi connectivity index (χ4n) is 1.60. The smallest absolute Gasteiger partial charge is 0.243 e. The summed E-state index contributed by atoms with van der Waals surface area (Å²) in [5.74, 6) is 4.04. The van der Waals surface area contributed by atoms with Crippen molar-refractivity contribution >= 4 is 10.0 Å². The summed E-state index contributed by atoms with van der Waals surface area (Å²) in [6.07, 6.45) is 2.62. The lowest BCUT2D eigenvalue weighted by Crippen LogP contribution is -2.25. The largest absolute Gasteiger partial charge is 0.384 e. The summed E-state index contributed by atoms with van der Waals surface area (Å²) in [6.45, 7) is 1.97. The normalized spacial score (nSPS) is 10.9. The summed E-state index contributed by atoms with van der Waals surface area (Å²) < 4.78 is 40.0. The SMILES string of the molecule is CCCCCNS(=O)(=O)c1ccc(C#CCO)cc1F. The second-order valence-electron chi connectivity index (χ2n) is 4.21. The minimum absolute atomic E-state index is 0.293. The molecule has 0 spiro atoms. The van der Waals surface area contributed by atoms with Gasteiger partial charge in [0.1, 0.15) is 17.3 Å². The van der Waals surface area contributed by atoms with Crippen LogP contribution in [0.5, 0.6) is 0 Å². The Morgan fingerprint density at radius 3 is 2.70 bits per heavy atom. The van der Waals surface area contributed by atoms with Crippen LogP contribution in [0.3, 0.4) is 0 Å². The molecule has 0 aromatic heterocycles. The van der Waals surface area contributed by atoms with E-state index < -0.39 is 15.8 Å². The lowest BCUT2D eigenvalue weighted by Gasteiger charge is -2.07. The van der Waals surface area contributed by atoms with Crippen molar-refractivity contribution < 1.29 is 17.9 Å². The first kappa shape index (κ1) is 16.6. The Kier molecular flexibility index (Phi) is 6.65. The summed E-state index contributed by atoms with van der Waals surface area (Å²) in [5.41, 5.74) is 0.321. The maximum Gasteiger partial charge on any atom is 0.243 e. The Balaban J connectivity index is 2.85. The predicted molar refractivity (Wildman–Crippen MR) is 75.1 cm³/mol. The molecule has 0 radical (unpaired) electrons. The van der Waals surface area contributed by atoms with Gasteiger partial charge in [-0.1, -0.05) is 31.6 Å². The number of hydrogen-bond acceptors (Lipinski definition) is 3. The molecule has 0 saturated heterocycles. The summed E-state index contributed by atoms with van der Waals surface area (Å²) in [5, 5.41) is 8.55. The number of benzene rings is 1. The van der Waals surface area contributed by atoms with Crippen LogP contribution >= 0.6 is 0 Å². The number of rotatable bonds is 6. The Hall–Kier alpha value is -1.42. The third kappa shape index (κ3) is 4.93. The van der Waals surface area contributed by atoms with Crippen LogP contribution in [0, 0.1) is 17.7 Å². The van der Waals surface area contributed by atoms with Gasteiger partial charge in [-0.15, -0.1) is 0 Å². The molecule has 0 saturated carbocycles. The highest BCUT2D eigenvalue weighted by Crippen LogP contribution is 2.15. The first-order chi connectivity index (χ1) is 9.51. The standard InChI is InChI=1S/C14H18FNO3S/c1-2-3-4-9-16-20(18,19)14-8-7-12(6-5-10-17)11-13(14)15/h7-8,11,16-17H,2-4,9-10H2,1H3. The van der Waals surface area contributed by atoms with Crippen molar-refractivity contribution in [3.63, 3.8) is 0 Å². The van der Waals surface area contributed by atoms with Gasteiger partial charge in [-0.05, 0) is 24.6 Å². The van der Waals surface area contributed by atoms with E-state index in [-0.39, 0.29) is 11.5 Å². The zero-order valence-electron chi connectivity index (χ0n) is 11.3. The first-order valence-corrected chi connectivity index (χ1v) is 7.88. The van der Waals surface area contributed by atoms with Gasteiger partial charge in [-0.25, -0.2) is 17.5 Å². The van der Waals surface area contributed by atoms with Crippen molar-refractivity contribution in [2.24, 2.45) is 0 Å². The van der Waals surface area contributed by atoms with E-state index in [2.05, 4.69) is 16.6 Å². The number of nitrogens with one attached hydrogen (secondary N) is 1. The van der Waals surface area contributed by atoms with Gasteiger partial charge in [0.15, 0.2) is 0 Å². The molecule has 1 rings (SSSR count). The van der Waals surface area contributed by atoms with Crippen molar-refractivity contribution in [3.05, 3.63) is 29.6 Å². The van der Waals surface area contributed by atoms with Crippen molar-refractivity contribution in [1.29, 1.82) is 0 Å². The molecule has 0 aliphatic carbocycles. The maximum absolute atomic E-state index is 13.8. The van der Waals surface area contributed by atoms with Crippen LogP contribution in [-0.4, -0.2) is 26.7 Å². The fraction of sp³-hybridized carbons (Fsp3) is 0.429. The molecule has 110 valence electrons. The third-order valence-electron chi connectivity index (χ3n) is 2.61. The Morgan fingerprint density at radius 2 is 2.10 bits per heavy atom. The van der Waals surface area contributed by atoms with Crippen LogP contribution in [0.2, 0.25) is 0 Å². The van der Waals surface area contributed by atoms with Gasteiger partial charge in [0.2, 0.25) is 10.0 Å². The van der Waals surface area contributed by atoms with Crippen LogP contribution in [0.15, 0.2) is 23.1 Å². The van der Waals surface area contributed by atoms with Crippen molar-refractivity contribution in [3.8, 4) is 11.8 Å². The minimum atomic E-state index is -3.83. The van der Waals surface area contributed by atoms with E-state index in [1.807, 2.05) is 6.92 Å². The van der Waals surface area contributed by atoms with Crippen molar-refractivity contribution in [2.45, 2.75) is 31.1 Å². The molecule has 0 fully saturated rings. The molecule has 1 aromatic rings. The maximum atomic E-state index is 13.8. The highest BCUT2D eigenvalue weighted by molar-refractivity contribution is 7.89. The summed E-state index contributed by atoms with van der Waals surface area (Å²) in [4.78, 5) is -0.386. The monoisotopic (exact) mass is 299 g/mol. The number of unbranched alkanes of at least 4 members (excludes halogenated alkanes) is 2. The van der Waals surface area contributed by atoms with Gasteiger partial charge < -0.3 is 5.11 Å². The quantitative estimate of drug-likeness (QED) is 0.620. The zero-order chi connectivity index (χ0) is 15.0. The van der Waals surface area contributed by atoms with Crippen LogP contribution in [0.4, 0.5) is 4.39 Å². The van der Waals surface area contributed by atoms with Crippen LogP contribution in [0.25, 0.3) is 0 Å². The molecule has 0 aliphatic rings. The molecule has 1 aromatic carbocycles. The van der Waals surface area contributed by atoms with E-state index in [0.717, 1.165) is 25.3 Å². The highest BCUT2D eigenvalue weighted by Gasteiger charge is 2.18. The molecule has 0 atom stereocenters. The number of hydrogen-bond donors (Lipinski definition) is 2. The molecule has 0 unspecified atom stereocenters. The van der Waals surface area contributed by atoms with Gasteiger partial charge in [0, 0.05) is 12.1 Å². The van der Waals surface area contributed by atoms with Crippen LogP contribution < -0.4 is 4.72 Å². The number of aliphatic hydroxyl groups excluding tert-OH is 1. The van der Waals surface area contributed by atoms with Gasteiger partial charge in [-0.3, -0.25) is 0 Å². The lowest BCUT2D eigenvalue weighted by atomic mass is 10.2. The molecule has 0 heterocycles. The lowest BCUT2D eigenvalue weighted by molar-refractivity contribution is 0.350. The van der Waals surface area contributed by atoms with E-state index >= 15 is 0 Å². The topological polar surface area (TPSA) is 66.4 Å². The van der Waals surface area contributed by atoms with Gasteiger partial charge in [0.05, 0.1) is 0 Å². The summed E-state index contributed by atoms with van der Waals surface area (Å²) in [7, 11) is -3.83. The average molecular weight is 299 g/mol. The van der Waals surface area contributed by atoms with Crippen molar-refractivity contribution in [1.82, 2.24) is 4.72 Å². The summed E-state index contributed by atoms with van der Waals surface area (Å²) >= 11 is 0. The molecule has 20 heavy (non-hydrogen) atoms. The molecule has 0 bridgehead atoms. The third-order valence-corrected chi connectivity index (χ3v) is 4.10. The Labute approximate surface area is 119 Å². The Morgan fingerprint density at radius 1 is 1.35 bits per heavy atom. The Bertz CT molecular complexity index is 603. The van der Waals surface area contributed by atoms with Crippen LogP contribution in [0.1, 0.15) is 31.7 Å². The van der Waals surface area contributed by atoms with E-state index in [9.17, 15) is 12.8 Å². The average Bonchev–Trinajstić information content (AvgIpc) is 2.41. The molecule has 0 amide bonds. The summed E-state index contributed by atoms with van der Waals surface area (Å²) in [6, 6.07) is 3.63. The van der Waals surface area contributed by atoms with Gasteiger partial charge in [0.25, 0.3) is 0 Å². The minimum Gasteiger partial charge on any atom is -0.384 e. The van der Waals surface area contributed by atoms with E-state index in [1.165, 1.54) is 12.1 Å². The number of sulfonamides is 1. The molecule has 6 heteroatoms.